The van der Waals surface area contributed by atoms with Crippen LogP contribution in [-0.2, 0) is 11.2 Å². The average molecular weight is 395 g/mol. The summed E-state index contributed by atoms with van der Waals surface area (Å²) in [6.07, 6.45) is 11.0. The van der Waals surface area contributed by atoms with E-state index in [1.165, 1.54) is 25.7 Å². The average Bonchev–Trinajstić information content (AvgIpc) is 3.29. The molecule has 0 spiro atoms. The number of amides is 1. The summed E-state index contributed by atoms with van der Waals surface area (Å²) in [5.41, 5.74) is 1.68. The summed E-state index contributed by atoms with van der Waals surface area (Å²) in [5.74, 6) is 1.41. The highest BCUT2D eigenvalue weighted by Crippen LogP contribution is 2.38. The summed E-state index contributed by atoms with van der Waals surface area (Å²) in [6.45, 7) is 1.47. The zero-order valence-electron chi connectivity index (χ0n) is 16.8. The van der Waals surface area contributed by atoms with Crippen molar-refractivity contribution in [2.24, 2.45) is 11.8 Å². The molecule has 4 atom stereocenters. The molecule has 1 aromatic carbocycles. The fraction of sp³-hybridized carbons (Fsp3) is 0.522. The number of aldehydes is 1. The summed E-state index contributed by atoms with van der Waals surface area (Å²) in [5, 5.41) is 3.40. The lowest BCUT2D eigenvalue weighted by Crippen LogP contribution is -2.55. The Morgan fingerprint density at radius 1 is 1.24 bits per heavy atom. The van der Waals surface area contributed by atoms with Crippen LogP contribution in [0.1, 0.15) is 48.2 Å². The number of imidazole rings is 1. The van der Waals surface area contributed by atoms with E-state index < -0.39 is 0 Å². The Morgan fingerprint density at radius 2 is 2.03 bits per heavy atom. The molecule has 2 heterocycles. The summed E-state index contributed by atoms with van der Waals surface area (Å²) in [4.78, 5) is 34.0. The fourth-order valence-electron chi connectivity index (χ4n) is 4.99. The van der Waals surface area contributed by atoms with Gasteiger partial charge in [0.05, 0.1) is 12.4 Å². The van der Waals surface area contributed by atoms with Gasteiger partial charge in [-0.25, -0.2) is 4.98 Å². The summed E-state index contributed by atoms with van der Waals surface area (Å²) < 4.78 is 0. The molecular weight excluding hydrogens is 364 g/mol. The third-order valence-electron chi connectivity index (χ3n) is 6.57. The molecule has 154 valence electrons. The van der Waals surface area contributed by atoms with Crippen molar-refractivity contribution in [3.05, 3.63) is 54.1 Å². The summed E-state index contributed by atoms with van der Waals surface area (Å²) in [6, 6.07) is 9.40. The number of H-pyrrole nitrogens is 1. The lowest BCUT2D eigenvalue weighted by molar-refractivity contribution is -0.109. The minimum absolute atomic E-state index is 0.109. The van der Waals surface area contributed by atoms with E-state index in [1.54, 1.807) is 12.5 Å². The summed E-state index contributed by atoms with van der Waals surface area (Å²) in [7, 11) is 0. The van der Waals surface area contributed by atoms with Crippen molar-refractivity contribution < 1.29 is 9.59 Å². The molecule has 1 saturated heterocycles. The molecular formula is C23H30N4O2. The second kappa shape index (κ2) is 9.35. The number of fused-ring (bicyclic) bond motifs is 1. The van der Waals surface area contributed by atoms with Gasteiger partial charge in [0.1, 0.15) is 6.29 Å². The third-order valence-corrected chi connectivity index (χ3v) is 6.57. The van der Waals surface area contributed by atoms with Crippen molar-refractivity contribution >= 4 is 12.2 Å². The van der Waals surface area contributed by atoms with E-state index in [1.807, 2.05) is 30.3 Å². The number of hydrogen-bond donors (Lipinski definition) is 2. The zero-order valence-corrected chi connectivity index (χ0v) is 16.8. The van der Waals surface area contributed by atoms with Gasteiger partial charge in [0.2, 0.25) is 0 Å². The maximum absolute atomic E-state index is 13.3. The number of likely N-dealkylation sites (tertiary alicyclic amines) is 1. The van der Waals surface area contributed by atoms with Gasteiger partial charge in [-0.15, -0.1) is 0 Å². The first kappa shape index (κ1) is 19.8. The first-order valence-electron chi connectivity index (χ1n) is 10.8. The molecule has 6 heteroatoms. The highest BCUT2D eigenvalue weighted by molar-refractivity contribution is 5.94. The van der Waals surface area contributed by atoms with Crippen LogP contribution in [0.25, 0.3) is 0 Å². The van der Waals surface area contributed by atoms with Gasteiger partial charge >= 0.3 is 0 Å². The number of hydrogen-bond acceptors (Lipinski definition) is 4. The van der Waals surface area contributed by atoms with Gasteiger partial charge in [-0.1, -0.05) is 37.5 Å². The standard InChI is InChI=1S/C23H30N4O2/c28-15-21(11-20-12-24-16-26-20)25-13-22-10-18-8-4-5-9-19(18)14-27(22)23(29)17-6-2-1-3-7-17/h1-3,6-7,12,15-16,18-19,21-22,25H,4-5,8-11,13-14H2,(H,24,26)/t18-,19-,21+,22+/m1/s1. The van der Waals surface area contributed by atoms with E-state index >= 15 is 0 Å². The Bertz CT molecular complexity index is 792. The molecule has 1 aliphatic carbocycles. The van der Waals surface area contributed by atoms with E-state index in [0.29, 0.717) is 24.8 Å². The minimum atomic E-state index is -0.284. The number of benzene rings is 1. The predicted molar refractivity (Wildman–Crippen MR) is 111 cm³/mol. The van der Waals surface area contributed by atoms with Crippen LogP contribution in [0.4, 0.5) is 0 Å². The molecule has 1 saturated carbocycles. The molecule has 1 aliphatic heterocycles. The quantitative estimate of drug-likeness (QED) is 0.708. The predicted octanol–water partition coefficient (Wildman–Crippen LogP) is 2.83. The lowest BCUT2D eigenvalue weighted by atomic mass is 9.72. The van der Waals surface area contributed by atoms with E-state index in [-0.39, 0.29) is 18.0 Å². The molecule has 4 rings (SSSR count). The smallest absolute Gasteiger partial charge is 0.254 e. The van der Waals surface area contributed by atoms with Crippen LogP contribution in [0, 0.1) is 11.8 Å². The Kier molecular flexibility index (Phi) is 6.39. The molecule has 29 heavy (non-hydrogen) atoms. The normalized spacial score (nSPS) is 25.2. The van der Waals surface area contributed by atoms with Crippen molar-refractivity contribution in [2.75, 3.05) is 13.1 Å². The number of carbonyl (C=O) groups excluding carboxylic acids is 2. The van der Waals surface area contributed by atoms with Gasteiger partial charge in [-0.05, 0) is 36.8 Å². The Hall–Kier alpha value is -2.47. The molecule has 0 bridgehead atoms. The van der Waals surface area contributed by atoms with Crippen LogP contribution in [-0.4, -0.2) is 52.2 Å². The van der Waals surface area contributed by atoms with E-state index in [0.717, 1.165) is 30.5 Å². The minimum Gasteiger partial charge on any atom is -0.348 e. The van der Waals surface area contributed by atoms with Gasteiger partial charge < -0.3 is 20.0 Å². The lowest BCUT2D eigenvalue weighted by Gasteiger charge is -2.46. The largest absolute Gasteiger partial charge is 0.348 e. The van der Waals surface area contributed by atoms with Crippen LogP contribution in [0.3, 0.4) is 0 Å². The Morgan fingerprint density at radius 3 is 2.76 bits per heavy atom. The molecule has 2 fully saturated rings. The number of piperidine rings is 1. The number of nitrogens with one attached hydrogen (secondary N) is 2. The van der Waals surface area contributed by atoms with Gasteiger partial charge in [0.25, 0.3) is 5.91 Å². The van der Waals surface area contributed by atoms with Gasteiger partial charge in [0, 0.05) is 43.0 Å². The van der Waals surface area contributed by atoms with E-state index in [9.17, 15) is 9.59 Å². The van der Waals surface area contributed by atoms with Crippen LogP contribution >= 0.6 is 0 Å². The molecule has 1 amide bonds. The topological polar surface area (TPSA) is 78.1 Å². The molecule has 2 aromatic rings. The SMILES string of the molecule is O=C[C@H](Cc1cnc[nH]1)NC[C@@H]1C[C@H]2CCCC[C@@H]2CN1C(=O)c1ccccc1. The van der Waals surface area contributed by atoms with Crippen molar-refractivity contribution in [3.8, 4) is 0 Å². The fourth-order valence-corrected chi connectivity index (χ4v) is 4.99. The summed E-state index contributed by atoms with van der Waals surface area (Å²) >= 11 is 0. The van der Waals surface area contributed by atoms with Crippen molar-refractivity contribution in [3.63, 3.8) is 0 Å². The van der Waals surface area contributed by atoms with Crippen LogP contribution in [0.2, 0.25) is 0 Å². The number of aromatic amines is 1. The molecule has 2 N–H and O–H groups in total. The van der Waals surface area contributed by atoms with Gasteiger partial charge in [0.15, 0.2) is 0 Å². The third kappa shape index (κ3) is 4.75. The second-order valence-electron chi connectivity index (χ2n) is 8.45. The van der Waals surface area contributed by atoms with Crippen molar-refractivity contribution in [1.29, 1.82) is 0 Å². The number of rotatable bonds is 7. The Balaban J connectivity index is 1.46. The monoisotopic (exact) mass is 394 g/mol. The molecule has 1 aromatic heterocycles. The van der Waals surface area contributed by atoms with Crippen LogP contribution in [0.15, 0.2) is 42.9 Å². The highest BCUT2D eigenvalue weighted by Gasteiger charge is 2.39. The van der Waals surface area contributed by atoms with Crippen molar-refractivity contribution in [2.45, 2.75) is 50.6 Å². The molecule has 2 aliphatic rings. The van der Waals surface area contributed by atoms with Gasteiger partial charge in [-0.2, -0.15) is 0 Å². The highest BCUT2D eigenvalue weighted by atomic mass is 16.2. The van der Waals surface area contributed by atoms with Crippen LogP contribution < -0.4 is 5.32 Å². The molecule has 6 nitrogen and oxygen atoms in total. The Labute approximate surface area is 172 Å². The second-order valence-corrected chi connectivity index (χ2v) is 8.45. The van der Waals surface area contributed by atoms with E-state index in [2.05, 4.69) is 20.2 Å². The maximum Gasteiger partial charge on any atom is 0.254 e. The number of nitrogens with zero attached hydrogens (tertiary/aromatic N) is 2. The maximum atomic E-state index is 13.3. The van der Waals surface area contributed by atoms with Gasteiger partial charge in [-0.3, -0.25) is 4.79 Å². The van der Waals surface area contributed by atoms with E-state index in [4.69, 9.17) is 0 Å². The molecule has 0 radical (unpaired) electrons. The number of aromatic nitrogens is 2. The zero-order chi connectivity index (χ0) is 20.1. The first-order valence-corrected chi connectivity index (χ1v) is 10.8. The first-order chi connectivity index (χ1) is 14.2. The number of carbonyl (C=O) groups is 2. The molecule has 0 unspecified atom stereocenters. The van der Waals surface area contributed by atoms with Crippen molar-refractivity contribution in [1.82, 2.24) is 20.2 Å². The van der Waals surface area contributed by atoms with Crippen LogP contribution in [0.5, 0.6) is 0 Å².